The molecule has 0 spiro atoms. The Kier molecular flexibility index (Phi) is 4.91. The van der Waals surface area contributed by atoms with Crippen molar-refractivity contribution in [2.45, 2.75) is 52.5 Å². The molecule has 2 fully saturated rings. The number of methoxy groups -OCH3 is 1. The molecule has 1 aliphatic carbocycles. The smallest absolute Gasteiger partial charge is 0.0468 e. The molecule has 1 atom stereocenters. The number of rotatable bonds is 5. The van der Waals surface area contributed by atoms with Crippen molar-refractivity contribution in [1.82, 2.24) is 10.2 Å². The van der Waals surface area contributed by atoms with Crippen molar-refractivity contribution in [3.8, 4) is 0 Å². The minimum atomic E-state index is 0.353. The van der Waals surface area contributed by atoms with Crippen LogP contribution in [0, 0.1) is 10.8 Å². The first-order valence-corrected chi connectivity index (χ1v) is 7.90. The summed E-state index contributed by atoms with van der Waals surface area (Å²) in [7, 11) is 1.82. The quantitative estimate of drug-likeness (QED) is 0.829. The second kappa shape index (κ2) is 6.11. The van der Waals surface area contributed by atoms with Gasteiger partial charge in [-0.3, -0.25) is 0 Å². The monoisotopic (exact) mass is 268 g/mol. The van der Waals surface area contributed by atoms with Gasteiger partial charge in [-0.05, 0) is 49.6 Å². The lowest BCUT2D eigenvalue weighted by molar-refractivity contribution is 0.135. The molecule has 3 heteroatoms. The number of nitrogens with zero attached hydrogens (tertiary/aromatic N) is 1. The summed E-state index contributed by atoms with van der Waals surface area (Å²) in [4.78, 5) is 2.71. The molecule has 1 saturated carbocycles. The summed E-state index contributed by atoms with van der Waals surface area (Å²) < 4.78 is 5.28. The molecular weight excluding hydrogens is 236 g/mol. The van der Waals surface area contributed by atoms with Crippen molar-refractivity contribution in [3.05, 3.63) is 0 Å². The van der Waals surface area contributed by atoms with Crippen LogP contribution in [0.2, 0.25) is 0 Å². The van der Waals surface area contributed by atoms with Crippen LogP contribution in [0.1, 0.15) is 46.5 Å². The Balaban J connectivity index is 1.88. The fraction of sp³-hybridized carbons (Fsp3) is 1.00. The lowest BCUT2D eigenvalue weighted by Crippen LogP contribution is -2.47. The third kappa shape index (κ3) is 4.44. The van der Waals surface area contributed by atoms with Gasteiger partial charge in [-0.15, -0.1) is 0 Å². The molecule has 1 aliphatic heterocycles. The molecule has 112 valence electrons. The Hall–Kier alpha value is -0.120. The number of hydrogen-bond donors (Lipinski definition) is 1. The van der Waals surface area contributed by atoms with E-state index in [4.69, 9.17) is 4.74 Å². The second-order valence-electron chi connectivity index (χ2n) is 7.70. The summed E-state index contributed by atoms with van der Waals surface area (Å²) in [6.07, 6.45) is 5.33. The fourth-order valence-electron chi connectivity index (χ4n) is 3.17. The highest BCUT2D eigenvalue weighted by Gasteiger charge is 2.43. The van der Waals surface area contributed by atoms with Crippen LogP contribution in [0.5, 0.6) is 0 Å². The lowest BCUT2D eigenvalue weighted by Gasteiger charge is -2.35. The molecule has 2 rings (SSSR count). The van der Waals surface area contributed by atoms with E-state index in [1.165, 1.54) is 51.9 Å². The zero-order chi connectivity index (χ0) is 13.9. The van der Waals surface area contributed by atoms with Crippen LogP contribution in [-0.2, 0) is 4.74 Å². The van der Waals surface area contributed by atoms with E-state index in [2.05, 4.69) is 31.0 Å². The minimum Gasteiger partial charge on any atom is -0.385 e. The molecule has 2 aliphatic rings. The molecule has 1 saturated heterocycles. The van der Waals surface area contributed by atoms with Gasteiger partial charge < -0.3 is 15.0 Å². The maximum absolute atomic E-state index is 5.28. The van der Waals surface area contributed by atoms with Gasteiger partial charge in [0.1, 0.15) is 0 Å². The van der Waals surface area contributed by atoms with E-state index in [1.807, 2.05) is 7.11 Å². The molecule has 0 aromatic carbocycles. The zero-order valence-electron chi connectivity index (χ0n) is 13.3. The Morgan fingerprint density at radius 1 is 1.32 bits per heavy atom. The van der Waals surface area contributed by atoms with E-state index in [1.54, 1.807) is 0 Å². The summed E-state index contributed by atoms with van der Waals surface area (Å²) in [6, 6.07) is 0.619. The normalized spacial score (nSPS) is 28.1. The standard InChI is InChI=1S/C16H32N2O/c1-15(2,3)14-12-18(10-5-9-17-14)13-16(6-7-16)8-11-19-4/h14,17H,5-13H2,1-4H3. The number of ether oxygens (including phenoxy) is 1. The SMILES string of the molecule is COCCC1(CN2CCCNC(C(C)(C)C)C2)CC1. The molecule has 1 N–H and O–H groups in total. The van der Waals surface area contributed by atoms with Crippen molar-refractivity contribution >= 4 is 0 Å². The van der Waals surface area contributed by atoms with Gasteiger partial charge in [0.15, 0.2) is 0 Å². The van der Waals surface area contributed by atoms with Gasteiger partial charge in [0.2, 0.25) is 0 Å². The summed E-state index contributed by atoms with van der Waals surface area (Å²) in [6.45, 7) is 12.9. The Bertz CT molecular complexity index is 281. The Labute approximate surface area is 119 Å². The van der Waals surface area contributed by atoms with Gasteiger partial charge in [-0.2, -0.15) is 0 Å². The first-order valence-electron chi connectivity index (χ1n) is 7.90. The molecule has 0 aromatic heterocycles. The van der Waals surface area contributed by atoms with Crippen molar-refractivity contribution in [1.29, 1.82) is 0 Å². The third-order valence-corrected chi connectivity index (χ3v) is 4.88. The van der Waals surface area contributed by atoms with E-state index in [0.29, 0.717) is 16.9 Å². The highest BCUT2D eigenvalue weighted by Crippen LogP contribution is 2.49. The molecule has 0 radical (unpaired) electrons. The average Bonchev–Trinajstić information content (AvgIpc) is 3.11. The fourth-order valence-corrected chi connectivity index (χ4v) is 3.17. The van der Waals surface area contributed by atoms with Gasteiger partial charge >= 0.3 is 0 Å². The predicted molar refractivity (Wildman–Crippen MR) is 80.5 cm³/mol. The van der Waals surface area contributed by atoms with Crippen molar-refractivity contribution in [2.24, 2.45) is 10.8 Å². The number of hydrogen-bond acceptors (Lipinski definition) is 3. The summed E-state index contributed by atoms with van der Waals surface area (Å²) >= 11 is 0. The number of nitrogens with one attached hydrogen (secondary N) is 1. The minimum absolute atomic E-state index is 0.353. The van der Waals surface area contributed by atoms with Crippen LogP contribution in [-0.4, -0.2) is 50.8 Å². The molecule has 0 amide bonds. The highest BCUT2D eigenvalue weighted by molar-refractivity contribution is 4.97. The van der Waals surface area contributed by atoms with E-state index in [9.17, 15) is 0 Å². The van der Waals surface area contributed by atoms with Crippen molar-refractivity contribution in [2.75, 3.05) is 39.9 Å². The lowest BCUT2D eigenvalue weighted by atomic mass is 9.86. The topological polar surface area (TPSA) is 24.5 Å². The van der Waals surface area contributed by atoms with E-state index >= 15 is 0 Å². The van der Waals surface area contributed by atoms with Gasteiger partial charge in [0, 0.05) is 32.8 Å². The predicted octanol–water partition coefficient (Wildman–Crippen LogP) is 2.51. The average molecular weight is 268 g/mol. The first kappa shape index (κ1) is 15.3. The summed E-state index contributed by atoms with van der Waals surface area (Å²) in [5.41, 5.74) is 0.939. The van der Waals surface area contributed by atoms with Crippen LogP contribution in [0.15, 0.2) is 0 Å². The largest absolute Gasteiger partial charge is 0.385 e. The first-order chi connectivity index (χ1) is 8.95. The molecule has 0 aromatic rings. The third-order valence-electron chi connectivity index (χ3n) is 4.88. The molecule has 1 unspecified atom stereocenters. The van der Waals surface area contributed by atoms with Gasteiger partial charge in [-0.25, -0.2) is 0 Å². The van der Waals surface area contributed by atoms with Crippen molar-refractivity contribution < 1.29 is 4.74 Å². The van der Waals surface area contributed by atoms with E-state index < -0.39 is 0 Å². The van der Waals surface area contributed by atoms with Gasteiger partial charge in [0.25, 0.3) is 0 Å². The second-order valence-corrected chi connectivity index (χ2v) is 7.70. The van der Waals surface area contributed by atoms with Gasteiger partial charge in [-0.1, -0.05) is 20.8 Å². The van der Waals surface area contributed by atoms with E-state index in [-0.39, 0.29) is 0 Å². The maximum Gasteiger partial charge on any atom is 0.0468 e. The van der Waals surface area contributed by atoms with Gasteiger partial charge in [0.05, 0.1) is 0 Å². The summed E-state index contributed by atoms with van der Waals surface area (Å²) in [5.74, 6) is 0. The molecule has 3 nitrogen and oxygen atoms in total. The zero-order valence-corrected chi connectivity index (χ0v) is 13.3. The Morgan fingerprint density at radius 3 is 2.63 bits per heavy atom. The molecule has 0 bridgehead atoms. The van der Waals surface area contributed by atoms with Crippen LogP contribution in [0.3, 0.4) is 0 Å². The van der Waals surface area contributed by atoms with Crippen LogP contribution >= 0.6 is 0 Å². The van der Waals surface area contributed by atoms with Crippen LogP contribution < -0.4 is 5.32 Å². The van der Waals surface area contributed by atoms with Crippen LogP contribution in [0.4, 0.5) is 0 Å². The maximum atomic E-state index is 5.28. The Morgan fingerprint density at radius 2 is 2.05 bits per heavy atom. The van der Waals surface area contributed by atoms with E-state index in [0.717, 1.165) is 6.61 Å². The molecule has 19 heavy (non-hydrogen) atoms. The summed E-state index contributed by atoms with van der Waals surface area (Å²) in [5, 5.41) is 3.73. The van der Waals surface area contributed by atoms with Crippen molar-refractivity contribution in [3.63, 3.8) is 0 Å². The van der Waals surface area contributed by atoms with Crippen LogP contribution in [0.25, 0.3) is 0 Å². The highest BCUT2D eigenvalue weighted by atomic mass is 16.5. The molecular formula is C16H32N2O. The molecule has 1 heterocycles.